The maximum Gasteiger partial charge on any atom is 0.318 e. The summed E-state index contributed by atoms with van der Waals surface area (Å²) < 4.78 is 5.54. The number of hydrogen-bond acceptors (Lipinski definition) is 5. The highest BCUT2D eigenvalue weighted by molar-refractivity contribution is 7.98. The number of thioether (sulfide) groups is 1. The minimum Gasteiger partial charge on any atom is -0.444 e. The lowest BCUT2D eigenvalue weighted by molar-refractivity contribution is -0.119. The van der Waals surface area contributed by atoms with Gasteiger partial charge in [-0.3, -0.25) is 10.1 Å². The van der Waals surface area contributed by atoms with E-state index < -0.39 is 6.03 Å². The number of aryl methyl sites for hydroxylation is 2. The number of hydrogen-bond donors (Lipinski definition) is 2. The fourth-order valence-electron chi connectivity index (χ4n) is 2.09. The monoisotopic (exact) mass is 333 g/mol. The number of nitrogens with one attached hydrogen (secondary N) is 1. The van der Waals surface area contributed by atoms with Crippen molar-refractivity contribution >= 4 is 23.7 Å². The Labute approximate surface area is 138 Å². The minimum absolute atomic E-state index is 0.232. The zero-order valence-corrected chi connectivity index (χ0v) is 13.9. The molecular formula is C16H19N3O3S. The molecule has 0 aliphatic carbocycles. The lowest BCUT2D eigenvalue weighted by Crippen LogP contribution is -2.35. The summed E-state index contributed by atoms with van der Waals surface area (Å²) >= 11 is 1.54. The summed E-state index contributed by atoms with van der Waals surface area (Å²) in [5.41, 5.74) is 8.98. The van der Waals surface area contributed by atoms with Crippen molar-refractivity contribution in [3.05, 3.63) is 41.3 Å². The lowest BCUT2D eigenvalue weighted by Gasteiger charge is -2.02. The topological polar surface area (TPSA) is 98.2 Å². The number of benzene rings is 1. The molecule has 0 bridgehead atoms. The van der Waals surface area contributed by atoms with Crippen LogP contribution in [-0.2, 0) is 10.5 Å². The molecule has 0 radical (unpaired) electrons. The van der Waals surface area contributed by atoms with Gasteiger partial charge < -0.3 is 10.2 Å². The number of primary amides is 1. The maximum atomic E-state index is 11.3. The van der Waals surface area contributed by atoms with Crippen LogP contribution in [0, 0.1) is 13.8 Å². The molecular weight excluding hydrogens is 314 g/mol. The van der Waals surface area contributed by atoms with Crippen LogP contribution in [-0.4, -0.2) is 22.7 Å². The first-order chi connectivity index (χ1) is 11.0. The van der Waals surface area contributed by atoms with Crippen molar-refractivity contribution in [2.24, 2.45) is 5.73 Å². The van der Waals surface area contributed by atoms with Gasteiger partial charge in [-0.05, 0) is 25.5 Å². The number of imide groups is 1. The molecule has 0 saturated carbocycles. The lowest BCUT2D eigenvalue weighted by atomic mass is 10.1. The summed E-state index contributed by atoms with van der Waals surface area (Å²) in [4.78, 5) is 26.2. The first-order valence-electron chi connectivity index (χ1n) is 7.15. The normalized spacial score (nSPS) is 10.5. The second-order valence-electron chi connectivity index (χ2n) is 5.18. The Hall–Kier alpha value is -2.28. The standard InChI is InChI=1S/C16H19N3O3S/c1-10-3-4-13(11(2)7-10)15-18-12(8-22-15)9-23-6-5-14(20)19-16(17)21/h3-4,7-8H,5-6,9H2,1-2H3,(H3,17,19,20,21). The van der Waals surface area contributed by atoms with Gasteiger partial charge in [0.25, 0.3) is 0 Å². The Morgan fingerprint density at radius 1 is 1.35 bits per heavy atom. The number of amides is 3. The van der Waals surface area contributed by atoms with Crippen LogP contribution in [0.4, 0.5) is 4.79 Å². The summed E-state index contributed by atoms with van der Waals surface area (Å²) in [7, 11) is 0. The second kappa shape index (κ2) is 7.82. The molecule has 0 unspecified atom stereocenters. The Morgan fingerprint density at radius 2 is 2.13 bits per heavy atom. The molecule has 23 heavy (non-hydrogen) atoms. The molecule has 3 amide bonds. The van der Waals surface area contributed by atoms with E-state index in [1.807, 2.05) is 31.3 Å². The third-order valence-corrected chi connectivity index (χ3v) is 4.14. The Morgan fingerprint density at radius 3 is 2.83 bits per heavy atom. The molecule has 122 valence electrons. The zero-order chi connectivity index (χ0) is 16.8. The molecule has 1 aromatic carbocycles. The van der Waals surface area contributed by atoms with Crippen LogP contribution in [0.1, 0.15) is 23.2 Å². The number of aromatic nitrogens is 1. The summed E-state index contributed by atoms with van der Waals surface area (Å²) in [5.74, 6) is 1.44. The summed E-state index contributed by atoms with van der Waals surface area (Å²) in [5, 5.41) is 2.03. The highest BCUT2D eigenvalue weighted by Crippen LogP contribution is 2.24. The summed E-state index contributed by atoms with van der Waals surface area (Å²) in [6.45, 7) is 4.07. The Kier molecular flexibility index (Phi) is 5.81. The minimum atomic E-state index is -0.824. The molecule has 0 aliphatic heterocycles. The number of nitrogens with two attached hydrogens (primary N) is 1. The molecule has 0 spiro atoms. The summed E-state index contributed by atoms with van der Waals surface area (Å²) in [6, 6.07) is 5.29. The van der Waals surface area contributed by atoms with Gasteiger partial charge in [-0.1, -0.05) is 17.7 Å². The second-order valence-corrected chi connectivity index (χ2v) is 6.28. The van der Waals surface area contributed by atoms with Gasteiger partial charge in [-0.15, -0.1) is 0 Å². The van der Waals surface area contributed by atoms with E-state index >= 15 is 0 Å². The summed E-state index contributed by atoms with van der Waals surface area (Å²) in [6.07, 6.45) is 1.86. The van der Waals surface area contributed by atoms with Crippen LogP contribution >= 0.6 is 11.8 Å². The highest BCUT2D eigenvalue weighted by atomic mass is 32.2. The van der Waals surface area contributed by atoms with Gasteiger partial charge in [-0.2, -0.15) is 11.8 Å². The Balaban J connectivity index is 1.85. The van der Waals surface area contributed by atoms with Crippen molar-refractivity contribution in [3.8, 4) is 11.5 Å². The van der Waals surface area contributed by atoms with Gasteiger partial charge in [0.2, 0.25) is 11.8 Å². The van der Waals surface area contributed by atoms with Gasteiger partial charge in [0.15, 0.2) is 0 Å². The molecule has 0 saturated heterocycles. The molecule has 0 aliphatic rings. The molecule has 3 N–H and O–H groups in total. The Bertz CT molecular complexity index is 712. The van der Waals surface area contributed by atoms with E-state index in [1.54, 1.807) is 18.0 Å². The number of carbonyl (C=O) groups excluding carboxylic acids is 2. The number of urea groups is 1. The zero-order valence-electron chi connectivity index (χ0n) is 13.1. The average Bonchev–Trinajstić information content (AvgIpc) is 2.91. The third-order valence-electron chi connectivity index (χ3n) is 3.15. The van der Waals surface area contributed by atoms with E-state index in [9.17, 15) is 9.59 Å². The quantitative estimate of drug-likeness (QED) is 0.792. The van der Waals surface area contributed by atoms with Crippen LogP contribution in [0.2, 0.25) is 0 Å². The first kappa shape index (κ1) is 17.1. The van der Waals surface area contributed by atoms with Crippen molar-refractivity contribution in [1.29, 1.82) is 0 Å². The van der Waals surface area contributed by atoms with Crippen molar-refractivity contribution < 1.29 is 14.0 Å². The number of carbonyl (C=O) groups is 2. The SMILES string of the molecule is Cc1ccc(-c2nc(CSCCC(=O)NC(N)=O)co2)c(C)c1. The van der Waals surface area contributed by atoms with E-state index in [1.165, 1.54) is 5.56 Å². The van der Waals surface area contributed by atoms with E-state index in [0.29, 0.717) is 17.4 Å². The van der Waals surface area contributed by atoms with Gasteiger partial charge in [0.05, 0.1) is 5.69 Å². The van der Waals surface area contributed by atoms with Crippen LogP contribution in [0.25, 0.3) is 11.5 Å². The largest absolute Gasteiger partial charge is 0.444 e. The van der Waals surface area contributed by atoms with Crippen molar-refractivity contribution in [2.45, 2.75) is 26.0 Å². The average molecular weight is 333 g/mol. The van der Waals surface area contributed by atoms with Crippen LogP contribution in [0.5, 0.6) is 0 Å². The fraction of sp³-hybridized carbons (Fsp3) is 0.312. The van der Waals surface area contributed by atoms with E-state index in [2.05, 4.69) is 11.1 Å². The molecule has 2 aromatic rings. The van der Waals surface area contributed by atoms with Crippen LogP contribution in [0.3, 0.4) is 0 Å². The first-order valence-corrected chi connectivity index (χ1v) is 8.30. The number of oxazole rings is 1. The molecule has 6 nitrogen and oxygen atoms in total. The predicted molar refractivity (Wildman–Crippen MR) is 89.9 cm³/mol. The van der Waals surface area contributed by atoms with Gasteiger partial charge in [0, 0.05) is 23.5 Å². The van der Waals surface area contributed by atoms with Gasteiger partial charge in [-0.25, -0.2) is 9.78 Å². The highest BCUT2D eigenvalue weighted by Gasteiger charge is 2.10. The van der Waals surface area contributed by atoms with Crippen LogP contribution in [0.15, 0.2) is 28.9 Å². The molecule has 0 atom stereocenters. The number of nitrogens with zero attached hydrogens (tertiary/aromatic N) is 1. The van der Waals surface area contributed by atoms with Crippen molar-refractivity contribution in [1.82, 2.24) is 10.3 Å². The smallest absolute Gasteiger partial charge is 0.318 e. The predicted octanol–water partition coefficient (Wildman–Crippen LogP) is 2.78. The molecule has 1 heterocycles. The van der Waals surface area contributed by atoms with Crippen molar-refractivity contribution in [3.63, 3.8) is 0 Å². The van der Waals surface area contributed by atoms with Gasteiger partial charge >= 0.3 is 6.03 Å². The molecule has 0 fully saturated rings. The van der Waals surface area contributed by atoms with E-state index in [4.69, 9.17) is 10.2 Å². The maximum absolute atomic E-state index is 11.3. The van der Waals surface area contributed by atoms with E-state index in [0.717, 1.165) is 16.8 Å². The number of rotatable bonds is 6. The molecule has 7 heteroatoms. The fourth-order valence-corrected chi connectivity index (χ4v) is 2.91. The van der Waals surface area contributed by atoms with E-state index in [-0.39, 0.29) is 12.3 Å². The molecule has 1 aromatic heterocycles. The van der Waals surface area contributed by atoms with Gasteiger partial charge in [0.1, 0.15) is 6.26 Å². The molecule has 2 rings (SSSR count). The van der Waals surface area contributed by atoms with Crippen LogP contribution < -0.4 is 11.1 Å². The van der Waals surface area contributed by atoms with Crippen molar-refractivity contribution in [2.75, 3.05) is 5.75 Å². The third kappa shape index (κ3) is 5.14.